The summed E-state index contributed by atoms with van der Waals surface area (Å²) in [6, 6.07) is 6.16. The zero-order valence-corrected chi connectivity index (χ0v) is 11.2. The summed E-state index contributed by atoms with van der Waals surface area (Å²) in [4.78, 5) is 0. The van der Waals surface area contributed by atoms with E-state index in [1.165, 1.54) is 0 Å². The van der Waals surface area contributed by atoms with Crippen molar-refractivity contribution in [2.75, 3.05) is 19.8 Å². The van der Waals surface area contributed by atoms with Gasteiger partial charge >= 0.3 is 0 Å². The van der Waals surface area contributed by atoms with Gasteiger partial charge in [0.1, 0.15) is 0 Å². The van der Waals surface area contributed by atoms with E-state index in [1.54, 1.807) is 0 Å². The number of ether oxygens (including phenoxy) is 1. The second-order valence-corrected chi connectivity index (χ2v) is 4.57. The van der Waals surface area contributed by atoms with Crippen LogP contribution in [0.5, 0.6) is 0 Å². The SMILES string of the molecule is Cl.Clc1cc(Br)ccc1[C@@H]1COCCN1. The van der Waals surface area contributed by atoms with E-state index in [1.807, 2.05) is 18.2 Å². The number of hydrogen-bond donors (Lipinski definition) is 1. The van der Waals surface area contributed by atoms with E-state index in [9.17, 15) is 0 Å². The Bertz CT molecular complexity index is 329. The van der Waals surface area contributed by atoms with E-state index in [4.69, 9.17) is 16.3 Å². The summed E-state index contributed by atoms with van der Waals surface area (Å²) in [6.07, 6.45) is 0. The van der Waals surface area contributed by atoms with Crippen molar-refractivity contribution in [1.82, 2.24) is 5.32 Å². The van der Waals surface area contributed by atoms with Crippen molar-refractivity contribution in [3.05, 3.63) is 33.3 Å². The zero-order chi connectivity index (χ0) is 9.97. The third-order valence-corrected chi connectivity index (χ3v) is 3.08. The minimum atomic E-state index is 0. The van der Waals surface area contributed by atoms with Crippen LogP contribution in [0.3, 0.4) is 0 Å². The van der Waals surface area contributed by atoms with Gasteiger partial charge < -0.3 is 10.1 Å². The zero-order valence-electron chi connectivity index (χ0n) is 8.00. The van der Waals surface area contributed by atoms with Crippen LogP contribution < -0.4 is 5.32 Å². The molecule has 0 radical (unpaired) electrons. The maximum absolute atomic E-state index is 6.14. The average Bonchev–Trinajstić information content (AvgIpc) is 2.19. The molecule has 1 saturated heterocycles. The molecule has 0 amide bonds. The molecule has 2 rings (SSSR count). The van der Waals surface area contributed by atoms with Crippen LogP contribution in [0.2, 0.25) is 5.02 Å². The summed E-state index contributed by atoms with van der Waals surface area (Å²) >= 11 is 9.52. The molecule has 1 atom stereocenters. The molecule has 0 aromatic heterocycles. The van der Waals surface area contributed by atoms with E-state index < -0.39 is 0 Å². The third kappa shape index (κ3) is 3.33. The Morgan fingerprint density at radius 2 is 2.27 bits per heavy atom. The number of nitrogens with one attached hydrogen (secondary N) is 1. The molecule has 1 fully saturated rings. The maximum Gasteiger partial charge on any atom is 0.0662 e. The highest BCUT2D eigenvalue weighted by molar-refractivity contribution is 9.10. The van der Waals surface area contributed by atoms with Gasteiger partial charge in [-0.05, 0) is 17.7 Å². The van der Waals surface area contributed by atoms with Gasteiger partial charge in [-0.3, -0.25) is 0 Å². The summed E-state index contributed by atoms with van der Waals surface area (Å²) in [7, 11) is 0. The quantitative estimate of drug-likeness (QED) is 0.860. The monoisotopic (exact) mass is 311 g/mol. The first-order chi connectivity index (χ1) is 6.77. The van der Waals surface area contributed by atoms with E-state index in [2.05, 4.69) is 21.2 Å². The Labute approximate surface area is 109 Å². The van der Waals surface area contributed by atoms with Gasteiger partial charge in [0.05, 0.1) is 19.3 Å². The van der Waals surface area contributed by atoms with Crippen molar-refractivity contribution in [2.45, 2.75) is 6.04 Å². The third-order valence-electron chi connectivity index (χ3n) is 2.26. The summed E-state index contributed by atoms with van der Waals surface area (Å²) in [5, 5.41) is 4.15. The van der Waals surface area contributed by atoms with Crippen molar-refractivity contribution in [3.63, 3.8) is 0 Å². The highest BCUT2D eigenvalue weighted by Crippen LogP contribution is 2.27. The molecule has 1 aromatic carbocycles. The molecule has 0 bridgehead atoms. The summed E-state index contributed by atoms with van der Waals surface area (Å²) in [5.74, 6) is 0. The number of benzene rings is 1. The molecule has 1 aliphatic rings. The van der Waals surface area contributed by atoms with Crippen molar-refractivity contribution in [3.8, 4) is 0 Å². The van der Waals surface area contributed by atoms with Gasteiger partial charge in [0, 0.05) is 16.0 Å². The van der Waals surface area contributed by atoms with Crippen LogP contribution in [-0.4, -0.2) is 19.8 Å². The van der Waals surface area contributed by atoms with Crippen molar-refractivity contribution in [1.29, 1.82) is 0 Å². The number of halogens is 3. The predicted molar refractivity (Wildman–Crippen MR) is 68.0 cm³/mol. The fourth-order valence-corrected chi connectivity index (χ4v) is 2.35. The minimum absolute atomic E-state index is 0. The second kappa shape index (κ2) is 6.06. The lowest BCUT2D eigenvalue weighted by atomic mass is 10.1. The van der Waals surface area contributed by atoms with Crippen LogP contribution in [0.15, 0.2) is 22.7 Å². The Hall–Kier alpha value is 0.200. The first kappa shape index (κ1) is 13.3. The molecule has 1 aromatic rings. The normalized spacial score (nSPS) is 20.8. The molecule has 0 saturated carbocycles. The molecular formula is C10H12BrCl2NO. The predicted octanol–water partition coefficient (Wildman–Crippen LogP) is 3.19. The second-order valence-electron chi connectivity index (χ2n) is 3.25. The first-order valence-electron chi connectivity index (χ1n) is 4.53. The highest BCUT2D eigenvalue weighted by Gasteiger charge is 2.17. The van der Waals surface area contributed by atoms with Gasteiger partial charge in [-0.15, -0.1) is 12.4 Å². The van der Waals surface area contributed by atoms with Crippen molar-refractivity contribution in [2.24, 2.45) is 0 Å². The van der Waals surface area contributed by atoms with Crippen LogP contribution in [0.1, 0.15) is 11.6 Å². The first-order valence-corrected chi connectivity index (χ1v) is 5.70. The summed E-state index contributed by atoms with van der Waals surface area (Å²) in [6.45, 7) is 2.36. The number of hydrogen-bond acceptors (Lipinski definition) is 2. The fourth-order valence-electron chi connectivity index (χ4n) is 1.55. The molecule has 1 aliphatic heterocycles. The minimum Gasteiger partial charge on any atom is -0.378 e. The van der Waals surface area contributed by atoms with Gasteiger partial charge in [-0.1, -0.05) is 33.6 Å². The van der Waals surface area contributed by atoms with Gasteiger partial charge in [-0.25, -0.2) is 0 Å². The average molecular weight is 313 g/mol. The lowest BCUT2D eigenvalue weighted by molar-refractivity contribution is 0.0769. The van der Waals surface area contributed by atoms with Crippen molar-refractivity contribution < 1.29 is 4.74 Å². The van der Waals surface area contributed by atoms with Crippen molar-refractivity contribution >= 4 is 39.9 Å². The van der Waals surface area contributed by atoms with Crippen LogP contribution in [0.4, 0.5) is 0 Å². The molecule has 1 N–H and O–H groups in total. The smallest absolute Gasteiger partial charge is 0.0662 e. The summed E-state index contributed by atoms with van der Waals surface area (Å²) in [5.41, 5.74) is 1.11. The summed E-state index contributed by atoms with van der Waals surface area (Å²) < 4.78 is 6.39. The number of rotatable bonds is 1. The molecule has 0 unspecified atom stereocenters. The molecule has 5 heteroatoms. The Morgan fingerprint density at radius 3 is 2.87 bits per heavy atom. The molecule has 1 heterocycles. The molecule has 84 valence electrons. The van der Waals surface area contributed by atoms with E-state index in [0.29, 0.717) is 6.61 Å². The number of morpholine rings is 1. The van der Waals surface area contributed by atoms with Crippen LogP contribution >= 0.6 is 39.9 Å². The van der Waals surface area contributed by atoms with Crippen LogP contribution in [-0.2, 0) is 4.74 Å². The molecular weight excluding hydrogens is 301 g/mol. The molecule has 0 spiro atoms. The Morgan fingerprint density at radius 1 is 1.47 bits per heavy atom. The van der Waals surface area contributed by atoms with Gasteiger partial charge in [0.25, 0.3) is 0 Å². The molecule has 15 heavy (non-hydrogen) atoms. The Balaban J connectivity index is 0.00000112. The molecule has 2 nitrogen and oxygen atoms in total. The standard InChI is InChI=1S/C10H11BrClNO.ClH/c11-7-1-2-8(9(12)5-7)10-6-14-4-3-13-10;/h1-2,5,10,13H,3-4,6H2;1H/t10-;/m0./s1. The largest absolute Gasteiger partial charge is 0.378 e. The van der Waals surface area contributed by atoms with Crippen LogP contribution in [0.25, 0.3) is 0 Å². The van der Waals surface area contributed by atoms with E-state index >= 15 is 0 Å². The fraction of sp³-hybridized carbons (Fsp3) is 0.400. The van der Waals surface area contributed by atoms with Gasteiger partial charge in [-0.2, -0.15) is 0 Å². The Kier molecular flexibility index (Phi) is 5.36. The topological polar surface area (TPSA) is 21.3 Å². The lowest BCUT2D eigenvalue weighted by Crippen LogP contribution is -2.34. The van der Waals surface area contributed by atoms with E-state index in [0.717, 1.165) is 28.2 Å². The van der Waals surface area contributed by atoms with Gasteiger partial charge in [0.2, 0.25) is 0 Å². The van der Waals surface area contributed by atoms with E-state index in [-0.39, 0.29) is 18.4 Å². The molecule has 0 aliphatic carbocycles. The highest BCUT2D eigenvalue weighted by atomic mass is 79.9. The lowest BCUT2D eigenvalue weighted by Gasteiger charge is -2.24. The van der Waals surface area contributed by atoms with Gasteiger partial charge in [0.15, 0.2) is 0 Å². The van der Waals surface area contributed by atoms with Crippen LogP contribution in [0, 0.1) is 0 Å². The maximum atomic E-state index is 6.14.